The molecule has 0 aliphatic carbocycles. The highest BCUT2D eigenvalue weighted by Crippen LogP contribution is 2.24. The molecule has 2 aromatic heterocycles. The van der Waals surface area contributed by atoms with Gasteiger partial charge in [0.05, 0.1) is 5.56 Å². The Balaban J connectivity index is 1.80. The second kappa shape index (κ2) is 4.42. The van der Waals surface area contributed by atoms with E-state index in [0.29, 0.717) is 16.8 Å². The molecule has 0 atom stereocenters. The number of carbonyl (C=O) groups excluding carboxylic acids is 1. The van der Waals surface area contributed by atoms with Gasteiger partial charge in [-0.3, -0.25) is 4.79 Å². The van der Waals surface area contributed by atoms with E-state index in [1.807, 2.05) is 4.90 Å². The molecule has 0 unspecified atom stereocenters. The van der Waals surface area contributed by atoms with Crippen molar-refractivity contribution in [3.63, 3.8) is 0 Å². The normalized spacial score (nSPS) is 14.3. The first-order chi connectivity index (χ1) is 8.74. The van der Waals surface area contributed by atoms with Crippen molar-refractivity contribution in [1.82, 2.24) is 4.90 Å². The smallest absolute Gasteiger partial charge is 0.254 e. The van der Waals surface area contributed by atoms with Gasteiger partial charge in [-0.2, -0.15) is 4.73 Å². The van der Waals surface area contributed by atoms with Gasteiger partial charge in [-0.15, -0.1) is 11.3 Å². The summed E-state index contributed by atoms with van der Waals surface area (Å²) in [5, 5.41) is 13.0. The Morgan fingerprint density at radius 3 is 2.89 bits per heavy atom. The molecule has 0 saturated heterocycles. The lowest BCUT2D eigenvalue weighted by molar-refractivity contribution is -0.605. The number of nitrogens with zero attached hydrogens (tertiary/aromatic N) is 2. The maximum Gasteiger partial charge on any atom is 0.254 e. The molecule has 3 heterocycles. The molecule has 1 aliphatic rings. The van der Waals surface area contributed by atoms with Gasteiger partial charge in [0.2, 0.25) is 0 Å². The minimum atomic E-state index is -0.00699. The number of hydrogen-bond acceptors (Lipinski definition) is 3. The summed E-state index contributed by atoms with van der Waals surface area (Å²) < 4.78 is 0.684. The molecule has 18 heavy (non-hydrogen) atoms. The largest absolute Gasteiger partial charge is 0.619 e. The molecule has 3 rings (SSSR count). The van der Waals surface area contributed by atoms with Crippen LogP contribution in [0.25, 0.3) is 0 Å². The molecule has 5 heteroatoms. The van der Waals surface area contributed by atoms with Gasteiger partial charge in [0.15, 0.2) is 12.4 Å². The highest BCUT2D eigenvalue weighted by Gasteiger charge is 2.22. The first-order valence-electron chi connectivity index (χ1n) is 5.77. The van der Waals surface area contributed by atoms with Crippen LogP contribution < -0.4 is 4.73 Å². The van der Waals surface area contributed by atoms with Gasteiger partial charge in [0.1, 0.15) is 0 Å². The van der Waals surface area contributed by atoms with Gasteiger partial charge in [-0.1, -0.05) is 0 Å². The van der Waals surface area contributed by atoms with Crippen LogP contribution in [0, 0.1) is 5.21 Å². The molecule has 1 aliphatic heterocycles. The zero-order chi connectivity index (χ0) is 12.5. The van der Waals surface area contributed by atoms with E-state index in [4.69, 9.17) is 0 Å². The highest BCUT2D eigenvalue weighted by atomic mass is 32.1. The number of carbonyl (C=O) groups is 1. The number of pyridine rings is 1. The first-order valence-corrected chi connectivity index (χ1v) is 6.65. The highest BCUT2D eigenvalue weighted by molar-refractivity contribution is 7.10. The van der Waals surface area contributed by atoms with Crippen molar-refractivity contribution >= 4 is 17.2 Å². The first kappa shape index (κ1) is 11.2. The summed E-state index contributed by atoms with van der Waals surface area (Å²) in [6.07, 6.45) is 3.63. The lowest BCUT2D eigenvalue weighted by atomic mass is 10.1. The van der Waals surface area contributed by atoms with E-state index in [2.05, 4.69) is 11.4 Å². The fourth-order valence-electron chi connectivity index (χ4n) is 2.16. The van der Waals surface area contributed by atoms with Crippen molar-refractivity contribution in [1.29, 1.82) is 0 Å². The molecule has 0 radical (unpaired) electrons. The molecule has 0 spiro atoms. The Morgan fingerprint density at radius 1 is 1.33 bits per heavy atom. The van der Waals surface area contributed by atoms with Crippen LogP contribution in [-0.2, 0) is 13.0 Å². The van der Waals surface area contributed by atoms with Gasteiger partial charge >= 0.3 is 0 Å². The van der Waals surface area contributed by atoms with Crippen LogP contribution in [-0.4, -0.2) is 17.4 Å². The molecule has 1 amide bonds. The minimum absolute atomic E-state index is 0.00699. The second-order valence-corrected chi connectivity index (χ2v) is 5.29. The predicted molar refractivity (Wildman–Crippen MR) is 68.2 cm³/mol. The van der Waals surface area contributed by atoms with Crippen LogP contribution >= 0.6 is 11.3 Å². The van der Waals surface area contributed by atoms with Crippen molar-refractivity contribution in [3.8, 4) is 0 Å². The molecular weight excluding hydrogens is 248 g/mol. The van der Waals surface area contributed by atoms with E-state index >= 15 is 0 Å². The minimum Gasteiger partial charge on any atom is -0.619 e. The number of thiophene rings is 1. The van der Waals surface area contributed by atoms with Gasteiger partial charge < -0.3 is 10.1 Å². The Labute approximate surface area is 109 Å². The van der Waals surface area contributed by atoms with Crippen LogP contribution in [0.3, 0.4) is 0 Å². The van der Waals surface area contributed by atoms with Gasteiger partial charge in [-0.05, 0) is 23.4 Å². The van der Waals surface area contributed by atoms with Gasteiger partial charge in [0, 0.05) is 30.1 Å². The second-order valence-electron chi connectivity index (χ2n) is 4.29. The average Bonchev–Trinajstić information content (AvgIpc) is 2.86. The molecular formula is C13H12N2O2S. The maximum atomic E-state index is 12.3. The molecule has 0 bridgehead atoms. The summed E-state index contributed by atoms with van der Waals surface area (Å²) >= 11 is 1.75. The average molecular weight is 260 g/mol. The topological polar surface area (TPSA) is 47.2 Å². The summed E-state index contributed by atoms with van der Waals surface area (Å²) in [5.74, 6) is -0.00699. The Morgan fingerprint density at radius 2 is 2.11 bits per heavy atom. The van der Waals surface area contributed by atoms with Crippen LogP contribution in [0.4, 0.5) is 0 Å². The molecule has 0 fully saturated rings. The van der Waals surface area contributed by atoms with E-state index in [1.165, 1.54) is 22.8 Å². The Bertz CT molecular complexity index is 577. The zero-order valence-corrected chi connectivity index (χ0v) is 10.5. The number of hydrogen-bond donors (Lipinski definition) is 0. The quantitative estimate of drug-likeness (QED) is 0.577. The monoisotopic (exact) mass is 260 g/mol. The van der Waals surface area contributed by atoms with E-state index in [9.17, 15) is 10.0 Å². The predicted octanol–water partition coefficient (Wildman–Crippen LogP) is 1.58. The van der Waals surface area contributed by atoms with Crippen LogP contribution in [0.15, 0.2) is 36.0 Å². The fourth-order valence-corrected chi connectivity index (χ4v) is 3.05. The van der Waals surface area contributed by atoms with Gasteiger partial charge in [-0.25, -0.2) is 0 Å². The van der Waals surface area contributed by atoms with Crippen molar-refractivity contribution < 1.29 is 9.52 Å². The zero-order valence-electron chi connectivity index (χ0n) is 9.70. The standard InChI is InChI=1S/C13H12N2O2S/c16-13(10-1-6-15(17)7-2-10)14-5-3-12-11(9-14)4-8-18-12/h1-2,4,6-8H,3,5,9H2. The van der Waals surface area contributed by atoms with Crippen molar-refractivity contribution in [2.75, 3.05) is 6.54 Å². The third kappa shape index (κ3) is 1.97. The third-order valence-corrected chi connectivity index (χ3v) is 4.17. The summed E-state index contributed by atoms with van der Waals surface area (Å²) in [6.45, 7) is 1.42. The van der Waals surface area contributed by atoms with Crippen molar-refractivity contribution in [3.05, 3.63) is 57.2 Å². The summed E-state index contributed by atoms with van der Waals surface area (Å²) in [6, 6.07) is 5.22. The number of aromatic nitrogens is 1. The SMILES string of the molecule is O=C(c1cc[n+]([O-])cc1)N1CCc2sccc2C1. The number of rotatable bonds is 1. The lowest BCUT2D eigenvalue weighted by Gasteiger charge is -2.26. The van der Waals surface area contributed by atoms with Crippen LogP contribution in [0.5, 0.6) is 0 Å². The molecule has 0 N–H and O–H groups in total. The van der Waals surface area contributed by atoms with Gasteiger partial charge in [0.25, 0.3) is 5.91 Å². The number of fused-ring (bicyclic) bond motifs is 1. The van der Waals surface area contributed by atoms with E-state index in [0.717, 1.165) is 13.0 Å². The third-order valence-electron chi connectivity index (χ3n) is 3.14. The maximum absolute atomic E-state index is 12.3. The molecule has 2 aromatic rings. The van der Waals surface area contributed by atoms with Crippen molar-refractivity contribution in [2.45, 2.75) is 13.0 Å². The van der Waals surface area contributed by atoms with E-state index in [-0.39, 0.29) is 5.91 Å². The van der Waals surface area contributed by atoms with Crippen molar-refractivity contribution in [2.24, 2.45) is 0 Å². The lowest BCUT2D eigenvalue weighted by Crippen LogP contribution is -2.36. The Hall–Kier alpha value is -1.88. The summed E-state index contributed by atoms with van der Waals surface area (Å²) in [5.41, 5.74) is 1.81. The van der Waals surface area contributed by atoms with Crippen LogP contribution in [0.1, 0.15) is 20.8 Å². The molecule has 0 saturated carbocycles. The number of amides is 1. The van der Waals surface area contributed by atoms with E-state index < -0.39 is 0 Å². The summed E-state index contributed by atoms with van der Waals surface area (Å²) in [7, 11) is 0. The van der Waals surface area contributed by atoms with Crippen LogP contribution in [0.2, 0.25) is 0 Å². The molecule has 4 nitrogen and oxygen atoms in total. The van der Waals surface area contributed by atoms with E-state index in [1.54, 1.807) is 23.5 Å². The summed E-state index contributed by atoms with van der Waals surface area (Å²) in [4.78, 5) is 15.5. The fraction of sp³-hybridized carbons (Fsp3) is 0.231. The molecule has 92 valence electrons. The molecule has 0 aromatic carbocycles. The Kier molecular flexibility index (Phi) is 2.76.